The average molecular weight is 405 g/mol. The van der Waals surface area contributed by atoms with E-state index in [9.17, 15) is 0 Å². The molecule has 1 heterocycles. The molecule has 1 N–H and O–H groups in total. The van der Waals surface area contributed by atoms with Crippen LogP contribution in [0, 0.1) is 5.41 Å². The lowest BCUT2D eigenvalue weighted by Gasteiger charge is -2.43. The van der Waals surface area contributed by atoms with E-state index in [1.807, 2.05) is 0 Å². The van der Waals surface area contributed by atoms with Gasteiger partial charge >= 0.3 is 0 Å². The number of rotatable bonds is 2. The Labute approximate surface area is 175 Å². The second-order valence-electron chi connectivity index (χ2n) is 8.29. The molecule has 4 rings (SSSR count). The molecular formula is C23H30Cl2N2. The quantitative estimate of drug-likeness (QED) is 0.540. The first kappa shape index (κ1) is 22.0. The van der Waals surface area contributed by atoms with Gasteiger partial charge in [-0.25, -0.2) is 0 Å². The average Bonchev–Trinajstić information content (AvgIpc) is 2.61. The third-order valence-corrected chi connectivity index (χ3v) is 5.42. The highest BCUT2D eigenvalue weighted by atomic mass is 35.5. The van der Waals surface area contributed by atoms with Crippen molar-refractivity contribution >= 4 is 46.4 Å². The van der Waals surface area contributed by atoms with Crippen LogP contribution in [-0.4, -0.2) is 31.1 Å². The van der Waals surface area contributed by atoms with Gasteiger partial charge in [0.25, 0.3) is 0 Å². The highest BCUT2D eigenvalue weighted by molar-refractivity contribution is 6.02. The van der Waals surface area contributed by atoms with Crippen molar-refractivity contribution in [1.82, 2.24) is 10.2 Å². The van der Waals surface area contributed by atoms with Crippen LogP contribution in [0.5, 0.6) is 0 Å². The number of benzene rings is 3. The molecule has 1 atom stereocenters. The number of nitrogens with zero attached hydrogens (tertiary/aromatic N) is 1. The van der Waals surface area contributed by atoms with Crippen LogP contribution in [0.3, 0.4) is 0 Å². The lowest BCUT2D eigenvalue weighted by atomic mass is 9.77. The molecule has 0 amide bonds. The Morgan fingerprint density at radius 2 is 1.30 bits per heavy atom. The van der Waals surface area contributed by atoms with Gasteiger partial charge in [0.15, 0.2) is 0 Å². The normalized spacial score (nSPS) is 16.6. The van der Waals surface area contributed by atoms with Crippen molar-refractivity contribution in [2.45, 2.75) is 26.8 Å². The Kier molecular flexibility index (Phi) is 7.15. The summed E-state index contributed by atoms with van der Waals surface area (Å²) in [6, 6.07) is 20.5. The molecular weight excluding hydrogens is 375 g/mol. The summed E-state index contributed by atoms with van der Waals surface area (Å²) in [5.74, 6) is 0. The second kappa shape index (κ2) is 8.79. The minimum atomic E-state index is 0. The monoisotopic (exact) mass is 404 g/mol. The molecule has 0 saturated carbocycles. The number of piperazine rings is 1. The van der Waals surface area contributed by atoms with Crippen LogP contribution >= 0.6 is 24.8 Å². The van der Waals surface area contributed by atoms with Crippen LogP contribution in [0.2, 0.25) is 0 Å². The smallest absolute Gasteiger partial charge is 0.0409 e. The maximum Gasteiger partial charge on any atom is 0.0409 e. The van der Waals surface area contributed by atoms with Crippen LogP contribution < -0.4 is 5.32 Å². The largest absolute Gasteiger partial charge is 0.314 e. The second-order valence-corrected chi connectivity index (χ2v) is 8.29. The Morgan fingerprint density at radius 3 is 1.78 bits per heavy atom. The summed E-state index contributed by atoms with van der Waals surface area (Å²) in [5.41, 5.74) is 1.67. The van der Waals surface area contributed by atoms with Crippen molar-refractivity contribution in [3.8, 4) is 0 Å². The van der Waals surface area contributed by atoms with Gasteiger partial charge in [0.1, 0.15) is 0 Å². The third kappa shape index (κ3) is 4.25. The van der Waals surface area contributed by atoms with Gasteiger partial charge in [-0.05, 0) is 38.6 Å². The Balaban J connectivity index is 0.00000131. The summed E-state index contributed by atoms with van der Waals surface area (Å²) in [7, 11) is 0. The van der Waals surface area contributed by atoms with E-state index >= 15 is 0 Å². The molecule has 1 aliphatic rings. The molecule has 0 bridgehead atoms. The topological polar surface area (TPSA) is 15.3 Å². The molecule has 2 nitrogen and oxygen atoms in total. The van der Waals surface area contributed by atoms with Gasteiger partial charge in [-0.1, -0.05) is 69.3 Å². The predicted molar refractivity (Wildman–Crippen MR) is 123 cm³/mol. The molecule has 146 valence electrons. The maximum absolute atomic E-state index is 3.51. The number of hydrogen-bond acceptors (Lipinski definition) is 2. The van der Waals surface area contributed by atoms with Crippen LogP contribution in [0.4, 0.5) is 0 Å². The van der Waals surface area contributed by atoms with Crippen molar-refractivity contribution in [1.29, 1.82) is 0 Å². The number of halogens is 2. The highest BCUT2D eigenvalue weighted by Crippen LogP contribution is 2.44. The Bertz CT molecular complexity index is 842. The summed E-state index contributed by atoms with van der Waals surface area (Å²) < 4.78 is 0. The minimum absolute atomic E-state index is 0. The molecule has 1 saturated heterocycles. The molecule has 3 aromatic rings. The molecule has 0 radical (unpaired) electrons. The van der Waals surface area contributed by atoms with Gasteiger partial charge < -0.3 is 5.32 Å². The molecule has 0 aromatic heterocycles. The lowest BCUT2D eigenvalue weighted by molar-refractivity contribution is 0.0882. The van der Waals surface area contributed by atoms with Crippen molar-refractivity contribution in [3.05, 3.63) is 60.2 Å². The van der Waals surface area contributed by atoms with E-state index in [4.69, 9.17) is 0 Å². The zero-order valence-electron chi connectivity index (χ0n) is 16.4. The van der Waals surface area contributed by atoms with Crippen molar-refractivity contribution in [2.24, 2.45) is 5.41 Å². The predicted octanol–water partition coefficient (Wildman–Crippen LogP) is 5.83. The molecule has 0 unspecified atom stereocenters. The molecule has 3 aromatic carbocycles. The number of nitrogens with one attached hydrogen (secondary N) is 1. The minimum Gasteiger partial charge on any atom is -0.314 e. The van der Waals surface area contributed by atoms with Crippen LogP contribution in [0.1, 0.15) is 32.4 Å². The Hall–Kier alpha value is -1.32. The third-order valence-electron chi connectivity index (χ3n) is 5.42. The SMILES string of the molecule is CC(C)(C)[C@@H](c1c2ccccc2cc2ccccc12)N1CCNCC1.Cl.Cl. The van der Waals surface area contributed by atoms with E-state index in [0.29, 0.717) is 6.04 Å². The van der Waals surface area contributed by atoms with E-state index in [-0.39, 0.29) is 30.2 Å². The number of fused-ring (bicyclic) bond motifs is 2. The first-order valence-electron chi connectivity index (χ1n) is 9.41. The summed E-state index contributed by atoms with van der Waals surface area (Å²) >= 11 is 0. The zero-order valence-corrected chi connectivity index (χ0v) is 18.0. The van der Waals surface area contributed by atoms with Crippen LogP contribution in [0.25, 0.3) is 21.5 Å². The van der Waals surface area contributed by atoms with Crippen molar-refractivity contribution < 1.29 is 0 Å². The summed E-state index contributed by atoms with van der Waals surface area (Å²) in [6.45, 7) is 11.5. The van der Waals surface area contributed by atoms with Gasteiger partial charge in [-0.3, -0.25) is 4.90 Å². The molecule has 4 heteroatoms. The summed E-state index contributed by atoms with van der Waals surface area (Å²) in [4.78, 5) is 2.69. The highest BCUT2D eigenvalue weighted by Gasteiger charge is 2.34. The van der Waals surface area contributed by atoms with E-state index in [1.165, 1.54) is 27.1 Å². The van der Waals surface area contributed by atoms with Crippen LogP contribution in [0.15, 0.2) is 54.6 Å². The van der Waals surface area contributed by atoms with Gasteiger partial charge in [0, 0.05) is 32.2 Å². The first-order chi connectivity index (χ1) is 12.1. The molecule has 1 fully saturated rings. The van der Waals surface area contributed by atoms with Gasteiger partial charge in [0.05, 0.1) is 0 Å². The van der Waals surface area contributed by atoms with Gasteiger partial charge in [-0.15, -0.1) is 24.8 Å². The standard InChI is InChI=1S/C23H28N2.2ClH/c1-23(2,3)22(25-14-12-24-13-15-25)21-19-10-6-4-8-17(19)16-18-9-5-7-11-20(18)21;;/h4-11,16,22,24H,12-15H2,1-3H3;2*1H/t22-;;/m1../s1. The van der Waals surface area contributed by atoms with Crippen molar-refractivity contribution in [2.75, 3.05) is 26.2 Å². The number of hydrogen-bond donors (Lipinski definition) is 1. The molecule has 27 heavy (non-hydrogen) atoms. The van der Waals surface area contributed by atoms with Gasteiger partial charge in [0.2, 0.25) is 0 Å². The first-order valence-corrected chi connectivity index (χ1v) is 9.41. The summed E-state index contributed by atoms with van der Waals surface area (Å²) in [5, 5.41) is 9.01. The molecule has 0 spiro atoms. The van der Waals surface area contributed by atoms with Crippen molar-refractivity contribution in [3.63, 3.8) is 0 Å². The van der Waals surface area contributed by atoms with E-state index in [1.54, 1.807) is 0 Å². The van der Waals surface area contributed by atoms with E-state index < -0.39 is 0 Å². The summed E-state index contributed by atoms with van der Waals surface area (Å²) in [6.07, 6.45) is 0. The van der Waals surface area contributed by atoms with Crippen LogP contribution in [-0.2, 0) is 0 Å². The Morgan fingerprint density at radius 1 is 0.815 bits per heavy atom. The van der Waals surface area contributed by atoms with E-state index in [0.717, 1.165) is 26.2 Å². The molecule has 0 aliphatic carbocycles. The fourth-order valence-corrected chi connectivity index (χ4v) is 4.45. The zero-order chi connectivity index (χ0) is 17.4. The lowest BCUT2D eigenvalue weighted by Crippen LogP contribution is -2.48. The fraction of sp³-hybridized carbons (Fsp3) is 0.391. The van der Waals surface area contributed by atoms with Gasteiger partial charge in [-0.2, -0.15) is 0 Å². The van der Waals surface area contributed by atoms with E-state index in [2.05, 4.69) is 85.6 Å². The maximum atomic E-state index is 3.51. The fourth-order valence-electron chi connectivity index (χ4n) is 4.45. The molecule has 1 aliphatic heterocycles.